The SMILES string of the molecule is C=CCOC(=O)NP1(=O)Nc2ccc(C(=O)c3ccccc3)cc2N1. The second-order valence-electron chi connectivity index (χ2n) is 5.29. The maximum absolute atomic E-state index is 12.6. The van der Waals surface area contributed by atoms with E-state index >= 15 is 0 Å². The normalized spacial score (nSPS) is 17.6. The van der Waals surface area contributed by atoms with Crippen molar-refractivity contribution in [3.05, 3.63) is 72.3 Å². The molecular weight excluding hydrogens is 341 g/mol. The summed E-state index contributed by atoms with van der Waals surface area (Å²) in [5.74, 6) is -0.148. The van der Waals surface area contributed by atoms with E-state index in [-0.39, 0.29) is 12.4 Å². The summed E-state index contributed by atoms with van der Waals surface area (Å²) >= 11 is 0. The van der Waals surface area contributed by atoms with Crippen molar-refractivity contribution >= 4 is 30.8 Å². The number of carbonyl (C=O) groups is 2. The van der Waals surface area contributed by atoms with Gasteiger partial charge in [-0.05, 0) is 18.2 Å². The van der Waals surface area contributed by atoms with Gasteiger partial charge < -0.3 is 14.9 Å². The van der Waals surface area contributed by atoms with Crippen LogP contribution in [0.5, 0.6) is 0 Å². The van der Waals surface area contributed by atoms with Gasteiger partial charge >= 0.3 is 13.7 Å². The molecule has 8 heteroatoms. The molecule has 1 atom stereocenters. The molecule has 25 heavy (non-hydrogen) atoms. The highest BCUT2D eigenvalue weighted by Crippen LogP contribution is 2.51. The Morgan fingerprint density at radius 2 is 1.80 bits per heavy atom. The molecule has 3 rings (SSSR count). The summed E-state index contributed by atoms with van der Waals surface area (Å²) in [5.41, 5.74) is 2.00. The first-order valence-corrected chi connectivity index (χ1v) is 9.18. The van der Waals surface area contributed by atoms with E-state index in [1.54, 1.807) is 42.5 Å². The predicted octanol–water partition coefficient (Wildman–Crippen LogP) is 3.78. The van der Waals surface area contributed by atoms with Crippen LogP contribution in [0.4, 0.5) is 16.2 Å². The fraction of sp³-hybridized carbons (Fsp3) is 0.0588. The molecule has 7 nitrogen and oxygen atoms in total. The Labute approximate surface area is 144 Å². The van der Waals surface area contributed by atoms with Crippen LogP contribution in [0.1, 0.15) is 15.9 Å². The number of hydrogen-bond donors (Lipinski definition) is 3. The Balaban J connectivity index is 1.76. The molecule has 0 fully saturated rings. The molecule has 0 saturated heterocycles. The number of nitrogens with one attached hydrogen (secondary N) is 3. The average Bonchev–Trinajstić information content (AvgIpc) is 2.94. The highest BCUT2D eigenvalue weighted by atomic mass is 31.2. The zero-order valence-corrected chi connectivity index (χ0v) is 14.1. The van der Waals surface area contributed by atoms with Crippen molar-refractivity contribution in [3.63, 3.8) is 0 Å². The van der Waals surface area contributed by atoms with Gasteiger partial charge in [-0.25, -0.2) is 9.88 Å². The van der Waals surface area contributed by atoms with Crippen molar-refractivity contribution in [1.82, 2.24) is 5.09 Å². The maximum Gasteiger partial charge on any atom is 0.415 e. The Morgan fingerprint density at radius 1 is 1.08 bits per heavy atom. The second kappa shape index (κ2) is 6.83. The topological polar surface area (TPSA) is 96.5 Å². The number of ketones is 1. The molecular formula is C17H16N3O4P. The third-order valence-corrected chi connectivity index (χ3v) is 5.06. The van der Waals surface area contributed by atoms with E-state index in [0.29, 0.717) is 22.5 Å². The van der Waals surface area contributed by atoms with E-state index < -0.39 is 13.7 Å². The molecule has 1 unspecified atom stereocenters. The minimum Gasteiger partial charge on any atom is -0.445 e. The Kier molecular flexibility index (Phi) is 4.59. The number of amides is 1. The molecule has 1 aliphatic heterocycles. The van der Waals surface area contributed by atoms with Gasteiger partial charge in [-0.15, -0.1) is 0 Å². The molecule has 0 aromatic heterocycles. The fourth-order valence-corrected chi connectivity index (χ4v) is 3.90. The minimum absolute atomic E-state index is 0.00844. The highest BCUT2D eigenvalue weighted by Gasteiger charge is 2.33. The smallest absolute Gasteiger partial charge is 0.415 e. The van der Waals surface area contributed by atoms with Crippen molar-refractivity contribution in [2.45, 2.75) is 0 Å². The molecule has 0 bridgehead atoms. The molecule has 0 radical (unpaired) electrons. The van der Waals surface area contributed by atoms with Gasteiger partial charge in [0.25, 0.3) is 0 Å². The molecule has 128 valence electrons. The molecule has 1 aliphatic rings. The van der Waals surface area contributed by atoms with Gasteiger partial charge in [0, 0.05) is 11.1 Å². The lowest BCUT2D eigenvalue weighted by molar-refractivity contribution is 0.103. The number of hydrogen-bond acceptors (Lipinski definition) is 4. The van der Waals surface area contributed by atoms with Crippen molar-refractivity contribution in [1.29, 1.82) is 0 Å². The fourth-order valence-electron chi connectivity index (χ4n) is 2.35. The minimum atomic E-state index is -3.44. The van der Waals surface area contributed by atoms with Gasteiger partial charge in [0.05, 0.1) is 11.4 Å². The molecule has 0 spiro atoms. The van der Waals surface area contributed by atoms with Crippen LogP contribution < -0.4 is 15.3 Å². The molecule has 1 amide bonds. The molecule has 2 aromatic rings. The molecule has 2 aromatic carbocycles. The van der Waals surface area contributed by atoms with Crippen LogP contribution in [-0.4, -0.2) is 18.5 Å². The number of rotatable bonds is 5. The summed E-state index contributed by atoms with van der Waals surface area (Å²) in [6.45, 7) is 3.44. The van der Waals surface area contributed by atoms with Crippen LogP contribution in [0.2, 0.25) is 0 Å². The first-order valence-electron chi connectivity index (χ1n) is 7.47. The Bertz CT molecular complexity index is 883. The first kappa shape index (κ1) is 16.8. The first-order chi connectivity index (χ1) is 12.0. The lowest BCUT2D eigenvalue weighted by atomic mass is 10.0. The van der Waals surface area contributed by atoms with Gasteiger partial charge in [0.15, 0.2) is 5.78 Å². The standard InChI is InChI=1S/C17H16N3O4P/c1-2-10-24-17(22)20-25(23)18-14-9-8-13(11-15(14)19-25)16(21)12-6-4-3-5-7-12/h2-9,11H,1,10H2,(H3,18,19,20,22,23). The summed E-state index contributed by atoms with van der Waals surface area (Å²) in [4.78, 5) is 24.1. The number of anilines is 2. The summed E-state index contributed by atoms with van der Waals surface area (Å²) < 4.78 is 17.4. The largest absolute Gasteiger partial charge is 0.445 e. The third kappa shape index (κ3) is 3.72. The number of fused-ring (bicyclic) bond motifs is 1. The summed E-state index contributed by atoms with van der Waals surface area (Å²) in [6, 6.07) is 13.7. The molecule has 0 aliphatic carbocycles. The lowest BCUT2D eigenvalue weighted by Crippen LogP contribution is -2.25. The van der Waals surface area contributed by atoms with Crippen molar-refractivity contribution in [2.75, 3.05) is 16.8 Å². The van der Waals surface area contributed by atoms with Gasteiger partial charge in [-0.1, -0.05) is 43.0 Å². The average molecular weight is 357 g/mol. The maximum atomic E-state index is 12.6. The van der Waals surface area contributed by atoms with E-state index in [1.165, 1.54) is 6.08 Å². The van der Waals surface area contributed by atoms with Crippen molar-refractivity contribution in [3.8, 4) is 0 Å². The number of benzene rings is 2. The lowest BCUT2D eigenvalue weighted by Gasteiger charge is -2.13. The molecule has 3 N–H and O–H groups in total. The number of carbonyl (C=O) groups excluding carboxylic acids is 2. The Morgan fingerprint density at radius 3 is 2.52 bits per heavy atom. The van der Waals surface area contributed by atoms with Crippen LogP contribution in [0, 0.1) is 0 Å². The number of ether oxygens (including phenoxy) is 1. The summed E-state index contributed by atoms with van der Waals surface area (Å²) in [5, 5.41) is 7.70. The van der Waals surface area contributed by atoms with Crippen molar-refractivity contribution < 1.29 is 18.9 Å². The van der Waals surface area contributed by atoms with E-state index in [4.69, 9.17) is 4.74 Å². The van der Waals surface area contributed by atoms with E-state index in [1.807, 2.05) is 6.07 Å². The predicted molar refractivity (Wildman–Crippen MR) is 95.8 cm³/mol. The van der Waals surface area contributed by atoms with Crippen LogP contribution in [0.3, 0.4) is 0 Å². The third-order valence-electron chi connectivity index (χ3n) is 3.45. The zero-order chi connectivity index (χ0) is 17.9. The molecule has 1 heterocycles. The van der Waals surface area contributed by atoms with Gasteiger partial charge in [-0.2, -0.15) is 0 Å². The van der Waals surface area contributed by atoms with E-state index in [2.05, 4.69) is 21.8 Å². The van der Waals surface area contributed by atoms with Gasteiger partial charge in [0.1, 0.15) is 6.61 Å². The van der Waals surface area contributed by atoms with Crippen LogP contribution >= 0.6 is 7.59 Å². The monoisotopic (exact) mass is 357 g/mol. The van der Waals surface area contributed by atoms with Crippen LogP contribution in [0.25, 0.3) is 0 Å². The van der Waals surface area contributed by atoms with Gasteiger partial charge in [0.2, 0.25) is 0 Å². The van der Waals surface area contributed by atoms with Gasteiger partial charge in [-0.3, -0.25) is 9.36 Å². The summed E-state index contributed by atoms with van der Waals surface area (Å²) in [7, 11) is -3.44. The quantitative estimate of drug-likeness (QED) is 0.428. The van der Waals surface area contributed by atoms with E-state index in [9.17, 15) is 14.2 Å². The van der Waals surface area contributed by atoms with E-state index in [0.717, 1.165) is 0 Å². The molecule has 0 saturated carbocycles. The Hall–Kier alpha value is -3.05. The summed E-state index contributed by atoms with van der Waals surface area (Å²) in [6.07, 6.45) is 0.568. The second-order valence-corrected chi connectivity index (χ2v) is 7.18. The van der Waals surface area contributed by atoms with Crippen LogP contribution in [-0.2, 0) is 9.30 Å². The highest BCUT2D eigenvalue weighted by molar-refractivity contribution is 7.66. The van der Waals surface area contributed by atoms with Crippen LogP contribution in [0.15, 0.2) is 61.2 Å². The van der Waals surface area contributed by atoms with Crippen molar-refractivity contribution in [2.24, 2.45) is 0 Å². The zero-order valence-electron chi connectivity index (χ0n) is 13.2.